The molecule has 3 aromatic rings. The van der Waals surface area contributed by atoms with Crippen molar-refractivity contribution in [2.45, 2.75) is 63.8 Å². The zero-order valence-corrected chi connectivity index (χ0v) is 22.9. The summed E-state index contributed by atoms with van der Waals surface area (Å²) < 4.78 is 0. The van der Waals surface area contributed by atoms with E-state index in [0.29, 0.717) is 41.5 Å². The second kappa shape index (κ2) is 10.8. The fraction of sp³-hybridized carbons (Fsp3) is 0.419. The molecule has 2 aromatic heterocycles. The fourth-order valence-electron chi connectivity index (χ4n) is 5.96. The second-order valence-corrected chi connectivity index (χ2v) is 11.2. The molecule has 0 bridgehead atoms. The van der Waals surface area contributed by atoms with E-state index in [-0.39, 0.29) is 5.91 Å². The van der Waals surface area contributed by atoms with Crippen molar-refractivity contribution in [1.82, 2.24) is 25.2 Å². The smallest absolute Gasteiger partial charge is 0.256 e. The highest BCUT2D eigenvalue weighted by molar-refractivity contribution is 5.99. The number of nitrogens with one attached hydrogen (secondary N) is 3. The molecule has 1 aromatic carbocycles. The Kier molecular flexibility index (Phi) is 7.04. The predicted molar refractivity (Wildman–Crippen MR) is 155 cm³/mol. The summed E-state index contributed by atoms with van der Waals surface area (Å²) >= 11 is 0. The first-order valence-corrected chi connectivity index (χ1v) is 14.1. The van der Waals surface area contributed by atoms with E-state index in [1.807, 2.05) is 6.07 Å². The summed E-state index contributed by atoms with van der Waals surface area (Å²) in [5, 5.41) is 9.60. The molecule has 3 aliphatic rings. The first-order valence-electron chi connectivity index (χ1n) is 14.1. The van der Waals surface area contributed by atoms with Gasteiger partial charge in [-0.05, 0) is 91.4 Å². The average molecular weight is 524 g/mol. The average Bonchev–Trinajstić information content (AvgIpc) is 3.26. The van der Waals surface area contributed by atoms with Crippen LogP contribution in [0.4, 0.5) is 23.3 Å². The van der Waals surface area contributed by atoms with E-state index in [9.17, 15) is 4.79 Å². The molecule has 1 saturated carbocycles. The number of amides is 1. The van der Waals surface area contributed by atoms with Crippen LogP contribution in [0.2, 0.25) is 0 Å². The number of carbonyl (C=O) groups excluding carboxylic acids is 1. The van der Waals surface area contributed by atoms with Gasteiger partial charge in [0.2, 0.25) is 5.95 Å². The van der Waals surface area contributed by atoms with E-state index < -0.39 is 0 Å². The zero-order chi connectivity index (χ0) is 26.9. The van der Waals surface area contributed by atoms with Crippen LogP contribution in [0.15, 0.2) is 43.1 Å². The molecule has 39 heavy (non-hydrogen) atoms. The molecule has 3 N–H and O–H groups in total. The Hall–Kier alpha value is -3.78. The fourth-order valence-corrected chi connectivity index (χ4v) is 5.96. The molecular weight excluding hydrogens is 486 g/mol. The number of nitrogens with zero attached hydrogens (tertiary/aromatic N) is 4. The molecule has 0 unspecified atom stereocenters. The predicted octanol–water partition coefficient (Wildman–Crippen LogP) is 5.58. The maximum Gasteiger partial charge on any atom is 0.256 e. The molecule has 3 heterocycles. The van der Waals surface area contributed by atoms with E-state index in [1.54, 1.807) is 12.3 Å². The van der Waals surface area contributed by atoms with E-state index in [0.717, 1.165) is 43.7 Å². The molecule has 1 fully saturated rings. The Morgan fingerprint density at radius 1 is 1.13 bits per heavy atom. The summed E-state index contributed by atoms with van der Waals surface area (Å²) in [4.78, 5) is 29.5. The van der Waals surface area contributed by atoms with Crippen molar-refractivity contribution in [1.29, 1.82) is 0 Å². The number of hydrogen-bond donors (Lipinski definition) is 3. The van der Waals surface area contributed by atoms with Gasteiger partial charge in [0, 0.05) is 37.2 Å². The number of benzene rings is 1. The van der Waals surface area contributed by atoms with Crippen LogP contribution in [-0.4, -0.2) is 45.9 Å². The molecule has 0 saturated heterocycles. The molecular formula is C31H37N7O. The van der Waals surface area contributed by atoms with E-state index in [2.05, 4.69) is 64.6 Å². The molecule has 0 spiro atoms. The van der Waals surface area contributed by atoms with Gasteiger partial charge in [-0.2, -0.15) is 4.98 Å². The first-order chi connectivity index (χ1) is 19.0. The summed E-state index contributed by atoms with van der Waals surface area (Å²) in [5.74, 6) is 2.34. The number of rotatable bonds is 8. The van der Waals surface area contributed by atoms with Gasteiger partial charge in [-0.15, -0.1) is 6.58 Å². The van der Waals surface area contributed by atoms with Gasteiger partial charge in [-0.1, -0.05) is 25.5 Å². The minimum absolute atomic E-state index is 0.262. The number of hydrogen-bond acceptors (Lipinski definition) is 7. The Balaban J connectivity index is 1.32. The van der Waals surface area contributed by atoms with E-state index in [1.165, 1.54) is 41.5 Å². The molecule has 0 radical (unpaired) electrons. The van der Waals surface area contributed by atoms with Gasteiger partial charge in [0.15, 0.2) is 0 Å². The third kappa shape index (κ3) is 5.26. The highest BCUT2D eigenvalue weighted by atomic mass is 16.1. The lowest BCUT2D eigenvalue weighted by molar-refractivity contribution is 0.0958. The number of anilines is 4. The maximum absolute atomic E-state index is 12.9. The van der Waals surface area contributed by atoms with E-state index in [4.69, 9.17) is 9.97 Å². The Bertz CT molecular complexity index is 1410. The maximum atomic E-state index is 12.9. The van der Waals surface area contributed by atoms with Gasteiger partial charge in [-0.25, -0.2) is 9.97 Å². The van der Waals surface area contributed by atoms with Crippen molar-refractivity contribution in [3.05, 3.63) is 76.6 Å². The highest BCUT2D eigenvalue weighted by Crippen LogP contribution is 2.41. The summed E-state index contributed by atoms with van der Waals surface area (Å²) in [5.41, 5.74) is 8.15. The summed E-state index contributed by atoms with van der Waals surface area (Å²) in [6.45, 7) is 8.31. The minimum atomic E-state index is -0.262. The Morgan fingerprint density at radius 3 is 2.79 bits per heavy atom. The highest BCUT2D eigenvalue weighted by Gasteiger charge is 2.27. The third-order valence-corrected chi connectivity index (χ3v) is 8.37. The molecule has 202 valence electrons. The zero-order valence-electron chi connectivity index (χ0n) is 22.9. The van der Waals surface area contributed by atoms with Crippen molar-refractivity contribution in [3.8, 4) is 0 Å². The van der Waals surface area contributed by atoms with Crippen LogP contribution in [0.3, 0.4) is 0 Å². The summed E-state index contributed by atoms with van der Waals surface area (Å²) in [6, 6.07) is 8.61. The van der Waals surface area contributed by atoms with Gasteiger partial charge < -0.3 is 20.9 Å². The van der Waals surface area contributed by atoms with Crippen LogP contribution in [0.5, 0.6) is 0 Å². The Morgan fingerprint density at radius 2 is 2.00 bits per heavy atom. The molecule has 1 aliphatic heterocycles. The van der Waals surface area contributed by atoms with Crippen LogP contribution in [0.1, 0.15) is 82.7 Å². The lowest BCUT2D eigenvalue weighted by atomic mass is 9.76. The summed E-state index contributed by atoms with van der Waals surface area (Å²) in [6.07, 6.45) is 10.3. The molecule has 8 nitrogen and oxygen atoms in total. The molecule has 8 heteroatoms. The van der Waals surface area contributed by atoms with E-state index >= 15 is 0 Å². The monoisotopic (exact) mass is 523 g/mol. The van der Waals surface area contributed by atoms with Gasteiger partial charge >= 0.3 is 0 Å². The molecule has 2 aliphatic carbocycles. The van der Waals surface area contributed by atoms with Crippen LogP contribution in [0.25, 0.3) is 0 Å². The van der Waals surface area contributed by atoms with Gasteiger partial charge in [0.25, 0.3) is 5.91 Å². The van der Waals surface area contributed by atoms with Crippen LogP contribution in [0, 0.1) is 0 Å². The SMILES string of the molecule is C=CCNC(=O)c1cnc(Nc2cc3c(c(C4CCC4)c2)CCN(C)C3)nc1Nc1ccc2c(n1)[C@@H](C)CC2. The third-order valence-electron chi connectivity index (χ3n) is 8.37. The summed E-state index contributed by atoms with van der Waals surface area (Å²) in [7, 11) is 2.18. The largest absolute Gasteiger partial charge is 0.348 e. The number of likely N-dealkylation sites (N-methyl/N-ethyl adjacent to an activating group) is 1. The van der Waals surface area contributed by atoms with Crippen LogP contribution >= 0.6 is 0 Å². The number of fused-ring (bicyclic) bond motifs is 2. The minimum Gasteiger partial charge on any atom is -0.348 e. The number of carbonyl (C=O) groups is 1. The van der Waals surface area contributed by atoms with Gasteiger partial charge in [0.05, 0.1) is 0 Å². The number of aryl methyl sites for hydroxylation is 1. The molecule has 1 amide bonds. The van der Waals surface area contributed by atoms with Crippen LogP contribution < -0.4 is 16.0 Å². The first kappa shape index (κ1) is 25.5. The quantitative estimate of drug-likeness (QED) is 0.332. The lowest BCUT2D eigenvalue weighted by Crippen LogP contribution is -2.28. The van der Waals surface area contributed by atoms with Crippen molar-refractivity contribution in [2.75, 3.05) is 30.8 Å². The normalized spacial score (nSPS) is 18.6. The van der Waals surface area contributed by atoms with Crippen LogP contribution in [-0.2, 0) is 19.4 Å². The standard InChI is InChI=1S/C31H37N7O/c1-4-13-32-30(39)26-17-33-31(37-29(26)36-27-11-10-21-9-8-19(2)28(21)35-27)34-23-15-22-18-38(3)14-12-24(22)25(16-23)20-6-5-7-20/h4,10-11,15-17,19-20H,1,5-9,12-14,18H2,2-3H3,(H,32,39)(H2,33,34,35,36,37)/t19-/m0/s1. The van der Waals surface area contributed by atoms with Gasteiger partial charge in [0.1, 0.15) is 17.2 Å². The lowest BCUT2D eigenvalue weighted by Gasteiger charge is -2.33. The Labute approximate surface area is 230 Å². The second-order valence-electron chi connectivity index (χ2n) is 11.2. The molecule has 1 atom stereocenters. The number of pyridine rings is 1. The van der Waals surface area contributed by atoms with Crippen molar-refractivity contribution in [2.24, 2.45) is 0 Å². The van der Waals surface area contributed by atoms with Crippen molar-refractivity contribution < 1.29 is 4.79 Å². The number of aromatic nitrogens is 3. The topological polar surface area (TPSA) is 95.1 Å². The molecule has 6 rings (SSSR count). The van der Waals surface area contributed by atoms with Crippen molar-refractivity contribution in [3.63, 3.8) is 0 Å². The van der Waals surface area contributed by atoms with Gasteiger partial charge in [-0.3, -0.25) is 4.79 Å². The van der Waals surface area contributed by atoms with Crippen molar-refractivity contribution >= 4 is 29.2 Å².